The molecule has 1 aromatic heterocycles. The van der Waals surface area contributed by atoms with Crippen molar-refractivity contribution in [2.75, 3.05) is 13.7 Å². The summed E-state index contributed by atoms with van der Waals surface area (Å²) < 4.78 is 10.9. The molecule has 2 aromatic carbocycles. The Bertz CT molecular complexity index is 1060. The minimum absolute atomic E-state index is 0.129. The van der Waals surface area contributed by atoms with Crippen molar-refractivity contribution >= 4 is 11.8 Å². The quantitative estimate of drug-likeness (QED) is 0.479. The Morgan fingerprint density at radius 1 is 1.03 bits per heavy atom. The molecule has 1 atom stereocenters. The van der Waals surface area contributed by atoms with Crippen LogP contribution >= 0.6 is 0 Å². The summed E-state index contributed by atoms with van der Waals surface area (Å²) in [6.07, 6.45) is 7.44. The van der Waals surface area contributed by atoms with Crippen LogP contribution in [0.4, 0.5) is 0 Å². The van der Waals surface area contributed by atoms with Crippen LogP contribution in [0.5, 0.6) is 5.75 Å². The van der Waals surface area contributed by atoms with Crippen molar-refractivity contribution < 1.29 is 18.7 Å². The molecule has 0 radical (unpaired) electrons. The Morgan fingerprint density at radius 3 is 2.53 bits per heavy atom. The summed E-state index contributed by atoms with van der Waals surface area (Å²) in [5.74, 6) is 0.369. The fourth-order valence-electron chi connectivity index (χ4n) is 4.60. The first-order valence-electron chi connectivity index (χ1n) is 12.0. The second-order valence-corrected chi connectivity index (χ2v) is 8.73. The zero-order valence-corrected chi connectivity index (χ0v) is 19.6. The number of rotatable bonds is 9. The molecule has 6 heteroatoms. The van der Waals surface area contributed by atoms with Gasteiger partial charge in [-0.15, -0.1) is 0 Å². The van der Waals surface area contributed by atoms with Crippen LogP contribution < -0.4 is 10.1 Å². The molecule has 34 heavy (non-hydrogen) atoms. The minimum Gasteiger partial charge on any atom is -0.497 e. The Kier molecular flexibility index (Phi) is 8.02. The maximum atomic E-state index is 13.8. The number of carbonyl (C=O) groups is 2. The normalized spacial score (nSPS) is 14.9. The van der Waals surface area contributed by atoms with Crippen LogP contribution in [0, 0.1) is 0 Å². The summed E-state index contributed by atoms with van der Waals surface area (Å²) in [7, 11) is 1.59. The van der Waals surface area contributed by atoms with E-state index in [-0.39, 0.29) is 23.6 Å². The van der Waals surface area contributed by atoms with Gasteiger partial charge in [-0.1, -0.05) is 61.7 Å². The largest absolute Gasteiger partial charge is 0.497 e. The van der Waals surface area contributed by atoms with E-state index in [1.807, 2.05) is 54.6 Å². The summed E-state index contributed by atoms with van der Waals surface area (Å²) in [5.41, 5.74) is 1.80. The van der Waals surface area contributed by atoms with Crippen LogP contribution in [0.2, 0.25) is 0 Å². The van der Waals surface area contributed by atoms with Crippen molar-refractivity contribution in [3.63, 3.8) is 0 Å². The van der Waals surface area contributed by atoms with E-state index in [0.29, 0.717) is 24.3 Å². The molecule has 0 bridgehead atoms. The van der Waals surface area contributed by atoms with E-state index in [0.717, 1.165) is 31.2 Å². The number of methoxy groups -OCH3 is 1. The second-order valence-electron chi connectivity index (χ2n) is 8.73. The molecule has 4 rings (SSSR count). The van der Waals surface area contributed by atoms with E-state index in [1.165, 1.54) is 12.7 Å². The first-order valence-corrected chi connectivity index (χ1v) is 12.0. The van der Waals surface area contributed by atoms with Crippen LogP contribution in [-0.2, 0) is 11.2 Å². The predicted octanol–water partition coefficient (Wildman–Crippen LogP) is 5.16. The summed E-state index contributed by atoms with van der Waals surface area (Å²) in [4.78, 5) is 29.0. The van der Waals surface area contributed by atoms with Gasteiger partial charge in [0.1, 0.15) is 11.8 Å². The highest BCUT2D eigenvalue weighted by Crippen LogP contribution is 2.28. The van der Waals surface area contributed by atoms with Crippen molar-refractivity contribution in [2.24, 2.45) is 0 Å². The zero-order valence-electron chi connectivity index (χ0n) is 19.6. The topological polar surface area (TPSA) is 71.8 Å². The number of nitrogens with one attached hydrogen (secondary N) is 1. The van der Waals surface area contributed by atoms with Crippen molar-refractivity contribution in [3.05, 3.63) is 89.9 Å². The number of hydrogen-bond donors (Lipinski definition) is 1. The van der Waals surface area contributed by atoms with Crippen LogP contribution in [0.1, 0.15) is 59.8 Å². The lowest BCUT2D eigenvalue weighted by molar-refractivity contribution is -0.126. The first kappa shape index (κ1) is 23.6. The van der Waals surface area contributed by atoms with Gasteiger partial charge in [0.15, 0.2) is 5.76 Å². The summed E-state index contributed by atoms with van der Waals surface area (Å²) in [5, 5.41) is 3.23. The Balaban J connectivity index is 1.68. The number of amides is 2. The lowest BCUT2D eigenvalue weighted by Crippen LogP contribution is -2.47. The lowest BCUT2D eigenvalue weighted by atomic mass is 9.94. The van der Waals surface area contributed by atoms with E-state index in [1.54, 1.807) is 24.1 Å². The molecule has 2 amide bonds. The Morgan fingerprint density at radius 2 is 1.82 bits per heavy atom. The Labute approximate surface area is 200 Å². The number of benzene rings is 2. The molecule has 1 heterocycles. The molecule has 1 aliphatic rings. The van der Waals surface area contributed by atoms with Crippen molar-refractivity contribution in [1.82, 2.24) is 10.2 Å². The molecule has 3 aromatic rings. The van der Waals surface area contributed by atoms with Gasteiger partial charge in [0.2, 0.25) is 5.91 Å². The van der Waals surface area contributed by atoms with Gasteiger partial charge in [0.05, 0.1) is 13.4 Å². The van der Waals surface area contributed by atoms with E-state index in [2.05, 4.69) is 5.32 Å². The average Bonchev–Trinajstić information content (AvgIpc) is 3.42. The second kappa shape index (κ2) is 11.5. The zero-order chi connectivity index (χ0) is 23.8. The average molecular weight is 461 g/mol. The van der Waals surface area contributed by atoms with Crippen molar-refractivity contribution in [3.8, 4) is 5.75 Å². The molecule has 1 fully saturated rings. The summed E-state index contributed by atoms with van der Waals surface area (Å²) in [6.45, 7) is 0.365. The summed E-state index contributed by atoms with van der Waals surface area (Å²) >= 11 is 0. The monoisotopic (exact) mass is 460 g/mol. The third-order valence-corrected chi connectivity index (χ3v) is 6.40. The summed E-state index contributed by atoms with van der Waals surface area (Å²) in [6, 6.07) is 20.0. The minimum atomic E-state index is -0.807. The van der Waals surface area contributed by atoms with Crippen LogP contribution in [0.3, 0.4) is 0 Å². The van der Waals surface area contributed by atoms with Crippen molar-refractivity contribution in [2.45, 2.75) is 50.6 Å². The SMILES string of the molecule is COc1cccc([C@@H](C(=O)NC2CCCCC2)N(CCc2ccccc2)C(=O)c2ccco2)c1. The van der Waals surface area contributed by atoms with E-state index < -0.39 is 6.04 Å². The van der Waals surface area contributed by atoms with Crippen LogP contribution in [0.15, 0.2) is 77.4 Å². The van der Waals surface area contributed by atoms with Crippen LogP contribution in [-0.4, -0.2) is 36.4 Å². The van der Waals surface area contributed by atoms with Gasteiger partial charge in [-0.25, -0.2) is 0 Å². The molecule has 0 saturated heterocycles. The Hall–Kier alpha value is -3.54. The van der Waals surface area contributed by atoms with Gasteiger partial charge in [-0.3, -0.25) is 9.59 Å². The van der Waals surface area contributed by atoms with Gasteiger partial charge in [-0.2, -0.15) is 0 Å². The molecular formula is C28H32N2O4. The standard InChI is InChI=1S/C28H32N2O4/c1-33-24-15-8-12-22(20-24)26(27(31)29-23-13-6-3-7-14-23)30(28(32)25-16-9-19-34-25)18-17-21-10-4-2-5-11-21/h2,4-5,8-12,15-16,19-20,23,26H,3,6-7,13-14,17-18H2,1H3,(H,29,31)/t26-/m0/s1. The number of nitrogens with zero attached hydrogens (tertiary/aromatic N) is 1. The van der Waals surface area contributed by atoms with E-state index in [9.17, 15) is 9.59 Å². The molecular weight excluding hydrogens is 428 g/mol. The highest BCUT2D eigenvalue weighted by Gasteiger charge is 2.34. The molecule has 1 aliphatic carbocycles. The van der Waals surface area contributed by atoms with Gasteiger partial charge < -0.3 is 19.4 Å². The fraction of sp³-hybridized carbons (Fsp3) is 0.357. The van der Waals surface area contributed by atoms with Gasteiger partial charge >= 0.3 is 0 Å². The molecule has 0 aliphatic heterocycles. The van der Waals surface area contributed by atoms with E-state index in [4.69, 9.17) is 9.15 Å². The molecule has 0 unspecified atom stereocenters. The maximum Gasteiger partial charge on any atom is 0.290 e. The first-order chi connectivity index (χ1) is 16.7. The molecule has 1 N–H and O–H groups in total. The molecule has 6 nitrogen and oxygen atoms in total. The number of furan rings is 1. The van der Waals surface area contributed by atoms with Gasteiger partial charge in [0.25, 0.3) is 5.91 Å². The fourth-order valence-corrected chi connectivity index (χ4v) is 4.60. The third kappa shape index (κ3) is 5.87. The molecule has 178 valence electrons. The number of hydrogen-bond acceptors (Lipinski definition) is 4. The molecule has 0 spiro atoms. The number of carbonyl (C=O) groups excluding carboxylic acids is 2. The van der Waals surface area contributed by atoms with Crippen LogP contribution in [0.25, 0.3) is 0 Å². The molecule has 1 saturated carbocycles. The lowest BCUT2D eigenvalue weighted by Gasteiger charge is -2.33. The highest BCUT2D eigenvalue weighted by molar-refractivity contribution is 5.96. The smallest absolute Gasteiger partial charge is 0.290 e. The highest BCUT2D eigenvalue weighted by atomic mass is 16.5. The van der Waals surface area contributed by atoms with Gasteiger partial charge in [0, 0.05) is 12.6 Å². The number of ether oxygens (including phenoxy) is 1. The van der Waals surface area contributed by atoms with E-state index >= 15 is 0 Å². The van der Waals surface area contributed by atoms with Gasteiger partial charge in [-0.05, 0) is 54.7 Å². The third-order valence-electron chi connectivity index (χ3n) is 6.40. The maximum absolute atomic E-state index is 13.8. The van der Waals surface area contributed by atoms with Crippen molar-refractivity contribution in [1.29, 1.82) is 0 Å². The predicted molar refractivity (Wildman–Crippen MR) is 131 cm³/mol.